The van der Waals surface area contributed by atoms with Gasteiger partial charge in [-0.15, -0.1) is 0 Å². The van der Waals surface area contributed by atoms with Gasteiger partial charge in [0.1, 0.15) is 0 Å². The normalized spacial score (nSPS) is 16.1. The first-order valence-corrected chi connectivity index (χ1v) is 4.30. The summed E-state index contributed by atoms with van der Waals surface area (Å²) in [4.78, 5) is 0. The van der Waals surface area contributed by atoms with Crippen LogP contribution in [-0.4, -0.2) is 26.7 Å². The lowest BCUT2D eigenvalue weighted by Gasteiger charge is -2.14. The van der Waals surface area contributed by atoms with Crippen molar-refractivity contribution in [1.82, 2.24) is 0 Å². The van der Waals surface area contributed by atoms with Gasteiger partial charge in [0.2, 0.25) is 6.01 Å². The largest absolute Gasteiger partial charge is 0.415 e. The third-order valence-electron chi connectivity index (χ3n) is 0.886. The maximum atomic E-state index is 11.6. The quantitative estimate of drug-likeness (QED) is 0.519. The molecule has 0 aromatic rings. The molecule has 0 aliphatic rings. The molecular weight excluding hydrogens is 204 g/mol. The summed E-state index contributed by atoms with van der Waals surface area (Å²) in [5.41, 5.74) is 0. The van der Waals surface area contributed by atoms with Crippen LogP contribution in [0.4, 0.5) is 17.6 Å². The summed E-state index contributed by atoms with van der Waals surface area (Å²) in [6.07, 6.45) is -7.32. The topological polar surface area (TPSA) is 43.4 Å². The Kier molecular flexibility index (Phi) is 3.45. The highest BCUT2D eigenvalue weighted by Crippen LogP contribution is 2.23. The van der Waals surface area contributed by atoms with Crippen LogP contribution >= 0.6 is 0 Å². The third kappa shape index (κ3) is 3.86. The SMILES string of the molecule is CC(OS(=O)(=O)CF)C(F)(F)F. The number of halogens is 4. The first-order chi connectivity index (χ1) is 5.19. The minimum absolute atomic E-state index is 0.479. The second kappa shape index (κ2) is 3.56. The highest BCUT2D eigenvalue weighted by Gasteiger charge is 2.40. The Labute approximate surface area is 66.4 Å². The molecule has 8 heteroatoms. The summed E-state index contributed by atoms with van der Waals surface area (Å²) in [6, 6.07) is -1.96. The summed E-state index contributed by atoms with van der Waals surface area (Å²) >= 11 is 0. The van der Waals surface area contributed by atoms with Gasteiger partial charge in [0.25, 0.3) is 10.1 Å². The van der Waals surface area contributed by atoms with Crippen molar-refractivity contribution in [2.24, 2.45) is 0 Å². The van der Waals surface area contributed by atoms with E-state index in [4.69, 9.17) is 0 Å². The summed E-state index contributed by atoms with van der Waals surface area (Å²) < 4.78 is 70.0. The Bertz CT molecular complexity index is 231. The molecule has 0 spiro atoms. The summed E-state index contributed by atoms with van der Waals surface area (Å²) in [7, 11) is -4.69. The van der Waals surface area contributed by atoms with Crippen molar-refractivity contribution in [2.45, 2.75) is 19.2 Å². The van der Waals surface area contributed by atoms with Gasteiger partial charge in [-0.1, -0.05) is 0 Å². The van der Waals surface area contributed by atoms with Crippen LogP contribution in [0.1, 0.15) is 6.92 Å². The van der Waals surface area contributed by atoms with E-state index in [1.165, 1.54) is 0 Å². The first kappa shape index (κ1) is 11.6. The molecule has 0 saturated carbocycles. The van der Waals surface area contributed by atoms with Crippen molar-refractivity contribution in [3.63, 3.8) is 0 Å². The van der Waals surface area contributed by atoms with Gasteiger partial charge in [0.05, 0.1) is 0 Å². The molecule has 3 nitrogen and oxygen atoms in total. The van der Waals surface area contributed by atoms with Crippen LogP contribution in [0.3, 0.4) is 0 Å². The van der Waals surface area contributed by atoms with Gasteiger partial charge in [-0.25, -0.2) is 4.39 Å². The van der Waals surface area contributed by atoms with Gasteiger partial charge in [-0.2, -0.15) is 21.6 Å². The number of rotatable bonds is 3. The van der Waals surface area contributed by atoms with Crippen molar-refractivity contribution >= 4 is 10.1 Å². The van der Waals surface area contributed by atoms with Gasteiger partial charge < -0.3 is 0 Å². The van der Waals surface area contributed by atoms with E-state index < -0.39 is 28.4 Å². The Morgan fingerprint density at radius 1 is 1.42 bits per heavy atom. The third-order valence-corrected chi connectivity index (χ3v) is 1.73. The molecule has 0 bridgehead atoms. The Hall–Kier alpha value is -0.370. The van der Waals surface area contributed by atoms with Crippen LogP contribution in [0.15, 0.2) is 0 Å². The van der Waals surface area contributed by atoms with Crippen LogP contribution in [-0.2, 0) is 14.3 Å². The Morgan fingerprint density at radius 3 is 2.08 bits per heavy atom. The average Bonchev–Trinajstić information content (AvgIpc) is 1.85. The maximum absolute atomic E-state index is 11.6. The lowest BCUT2D eigenvalue weighted by molar-refractivity contribution is -0.188. The van der Waals surface area contributed by atoms with Crippen molar-refractivity contribution in [3.05, 3.63) is 0 Å². The number of hydrogen-bond acceptors (Lipinski definition) is 3. The van der Waals surface area contributed by atoms with E-state index in [0.717, 1.165) is 0 Å². The van der Waals surface area contributed by atoms with Gasteiger partial charge in [-0.3, -0.25) is 4.18 Å². The fraction of sp³-hybridized carbons (Fsp3) is 1.00. The van der Waals surface area contributed by atoms with E-state index in [9.17, 15) is 26.0 Å². The molecule has 0 aromatic heterocycles. The Balaban J connectivity index is 4.30. The summed E-state index contributed by atoms with van der Waals surface area (Å²) in [6.45, 7) is 0.479. The number of hydrogen-bond donors (Lipinski definition) is 0. The smallest absolute Gasteiger partial charge is 0.255 e. The molecule has 0 amide bonds. The van der Waals surface area contributed by atoms with E-state index in [1.54, 1.807) is 0 Å². The monoisotopic (exact) mass is 210 g/mol. The second-order valence-corrected chi connectivity index (χ2v) is 3.47. The molecule has 0 rings (SSSR count). The highest BCUT2D eigenvalue weighted by atomic mass is 32.2. The minimum atomic E-state index is -4.80. The van der Waals surface area contributed by atoms with Crippen LogP contribution in [0, 0.1) is 0 Å². The molecule has 74 valence electrons. The fourth-order valence-corrected chi connectivity index (χ4v) is 0.901. The van der Waals surface area contributed by atoms with Crippen LogP contribution < -0.4 is 0 Å². The molecule has 0 saturated heterocycles. The minimum Gasteiger partial charge on any atom is -0.255 e. The van der Waals surface area contributed by atoms with Gasteiger partial charge in [-0.05, 0) is 6.92 Å². The fourth-order valence-electron chi connectivity index (χ4n) is 0.300. The molecular formula is C4H6F4O3S. The summed E-state index contributed by atoms with van der Waals surface area (Å²) in [5.74, 6) is 0. The number of alkyl halides is 4. The molecule has 0 fully saturated rings. The van der Waals surface area contributed by atoms with Crippen LogP contribution in [0.2, 0.25) is 0 Å². The maximum Gasteiger partial charge on any atom is 0.415 e. The zero-order valence-electron chi connectivity index (χ0n) is 5.93. The van der Waals surface area contributed by atoms with Crippen LogP contribution in [0.25, 0.3) is 0 Å². The second-order valence-electron chi connectivity index (χ2n) is 1.95. The summed E-state index contributed by atoms with van der Waals surface area (Å²) in [5, 5.41) is 0. The molecule has 0 N–H and O–H groups in total. The average molecular weight is 210 g/mol. The lowest BCUT2D eigenvalue weighted by atomic mass is 10.4. The van der Waals surface area contributed by atoms with Gasteiger partial charge in [0, 0.05) is 0 Å². The van der Waals surface area contributed by atoms with Gasteiger partial charge >= 0.3 is 6.18 Å². The predicted octanol–water partition coefficient (Wildman–Crippen LogP) is 1.21. The molecule has 0 radical (unpaired) electrons. The highest BCUT2D eigenvalue weighted by molar-refractivity contribution is 7.86. The predicted molar refractivity (Wildman–Crippen MR) is 31.5 cm³/mol. The van der Waals surface area contributed by atoms with Crippen LogP contribution in [0.5, 0.6) is 0 Å². The zero-order valence-corrected chi connectivity index (χ0v) is 6.75. The molecule has 12 heavy (non-hydrogen) atoms. The Morgan fingerprint density at radius 2 is 1.83 bits per heavy atom. The molecule has 0 aliphatic heterocycles. The van der Waals surface area contributed by atoms with Crippen molar-refractivity contribution in [1.29, 1.82) is 0 Å². The van der Waals surface area contributed by atoms with E-state index in [-0.39, 0.29) is 0 Å². The first-order valence-electron chi connectivity index (χ1n) is 2.72. The van der Waals surface area contributed by atoms with Gasteiger partial charge in [0.15, 0.2) is 6.10 Å². The van der Waals surface area contributed by atoms with E-state index in [1.807, 2.05) is 0 Å². The molecule has 1 atom stereocenters. The lowest BCUT2D eigenvalue weighted by Crippen LogP contribution is -2.31. The van der Waals surface area contributed by atoms with E-state index in [0.29, 0.717) is 6.92 Å². The molecule has 0 aromatic carbocycles. The van der Waals surface area contributed by atoms with Crippen molar-refractivity contribution < 1.29 is 30.2 Å². The molecule has 1 unspecified atom stereocenters. The standard InChI is InChI=1S/C4H6F4O3S/c1-3(4(6,7)8)11-12(9,10)2-5/h3H,2H2,1H3. The molecule has 0 heterocycles. The van der Waals surface area contributed by atoms with Crippen molar-refractivity contribution in [3.8, 4) is 0 Å². The molecule has 0 aliphatic carbocycles. The van der Waals surface area contributed by atoms with Crippen molar-refractivity contribution in [2.75, 3.05) is 6.01 Å². The van der Waals surface area contributed by atoms with E-state index >= 15 is 0 Å². The zero-order chi connectivity index (χ0) is 9.99. The van der Waals surface area contributed by atoms with E-state index in [2.05, 4.69) is 4.18 Å².